The monoisotopic (exact) mass is 464 g/mol. The highest BCUT2D eigenvalue weighted by Crippen LogP contribution is 2.36. The number of carboxylic acids is 1. The average Bonchev–Trinajstić information content (AvgIpc) is 3.18. The van der Waals surface area contributed by atoms with E-state index in [2.05, 4.69) is 4.72 Å². The number of benzene rings is 3. The highest BCUT2D eigenvalue weighted by atomic mass is 35.5. The molecule has 156 valence electrons. The predicted octanol–water partition coefficient (Wildman–Crippen LogP) is 4.86. The van der Waals surface area contributed by atoms with Crippen molar-refractivity contribution in [2.24, 2.45) is 5.92 Å². The van der Waals surface area contributed by atoms with E-state index >= 15 is 0 Å². The third-order valence-corrected chi connectivity index (χ3v) is 6.95. The lowest BCUT2D eigenvalue weighted by Gasteiger charge is -2.22. The first-order valence-electron chi connectivity index (χ1n) is 9.23. The normalized spacial score (nSPS) is 16.7. The number of hydrogen-bond acceptors (Lipinski definition) is 4. The van der Waals surface area contributed by atoms with E-state index in [1.807, 2.05) is 35.2 Å². The fourth-order valence-electron chi connectivity index (χ4n) is 3.72. The van der Waals surface area contributed by atoms with Gasteiger partial charge in [0.1, 0.15) is 0 Å². The molecule has 1 fully saturated rings. The zero-order valence-corrected chi connectivity index (χ0v) is 18.0. The Morgan fingerprint density at radius 1 is 1.03 bits per heavy atom. The molecule has 6 nitrogen and oxygen atoms in total. The third-order valence-electron chi connectivity index (χ3n) is 5.17. The van der Waals surface area contributed by atoms with Crippen molar-refractivity contribution in [2.45, 2.75) is 11.3 Å². The van der Waals surface area contributed by atoms with E-state index in [9.17, 15) is 18.3 Å². The number of anilines is 2. The van der Waals surface area contributed by atoms with Crippen LogP contribution in [0.15, 0.2) is 59.5 Å². The van der Waals surface area contributed by atoms with Crippen LogP contribution < -0.4 is 9.62 Å². The van der Waals surface area contributed by atoms with Gasteiger partial charge in [-0.15, -0.1) is 0 Å². The molecule has 0 aliphatic carbocycles. The summed E-state index contributed by atoms with van der Waals surface area (Å²) in [5.41, 5.74) is 1.29. The number of carbonyl (C=O) groups is 1. The zero-order chi connectivity index (χ0) is 21.5. The molecule has 0 aromatic heterocycles. The molecular weight excluding hydrogens is 447 g/mol. The first-order valence-corrected chi connectivity index (χ1v) is 11.5. The topological polar surface area (TPSA) is 86.7 Å². The second kappa shape index (κ2) is 7.98. The molecule has 1 aliphatic heterocycles. The molecule has 0 amide bonds. The number of sulfonamides is 1. The van der Waals surface area contributed by atoms with Crippen molar-refractivity contribution in [3.63, 3.8) is 0 Å². The Balaban J connectivity index is 1.72. The molecule has 0 radical (unpaired) electrons. The van der Waals surface area contributed by atoms with Gasteiger partial charge < -0.3 is 10.0 Å². The smallest absolute Gasteiger partial charge is 0.308 e. The second-order valence-corrected chi connectivity index (χ2v) is 9.71. The first kappa shape index (κ1) is 20.8. The SMILES string of the molecule is O=C(O)[C@@H]1CCN(c2ccc(NS(=O)(=O)c3cc(Cl)cc(Cl)c3)c3ccccc23)C1. The number of aliphatic carboxylic acids is 1. The Morgan fingerprint density at radius 3 is 2.33 bits per heavy atom. The highest BCUT2D eigenvalue weighted by molar-refractivity contribution is 7.92. The molecule has 1 aliphatic rings. The largest absolute Gasteiger partial charge is 0.481 e. The molecule has 0 saturated carbocycles. The summed E-state index contributed by atoms with van der Waals surface area (Å²) in [4.78, 5) is 13.3. The Bertz CT molecular complexity index is 1230. The van der Waals surface area contributed by atoms with Crippen LogP contribution in [0.4, 0.5) is 11.4 Å². The predicted molar refractivity (Wildman–Crippen MR) is 119 cm³/mol. The molecule has 0 bridgehead atoms. The van der Waals surface area contributed by atoms with Crippen molar-refractivity contribution >= 4 is 61.3 Å². The van der Waals surface area contributed by atoms with E-state index < -0.39 is 21.9 Å². The molecule has 30 heavy (non-hydrogen) atoms. The molecule has 3 aromatic carbocycles. The van der Waals surface area contributed by atoms with Crippen LogP contribution in [0.3, 0.4) is 0 Å². The van der Waals surface area contributed by atoms with Gasteiger partial charge in [0.05, 0.1) is 16.5 Å². The average molecular weight is 465 g/mol. The maximum atomic E-state index is 12.9. The minimum atomic E-state index is -3.91. The summed E-state index contributed by atoms with van der Waals surface area (Å²) in [6.45, 7) is 1.05. The van der Waals surface area contributed by atoms with Gasteiger partial charge in [-0.1, -0.05) is 47.5 Å². The van der Waals surface area contributed by atoms with Gasteiger partial charge in [-0.05, 0) is 36.8 Å². The maximum absolute atomic E-state index is 12.9. The summed E-state index contributed by atoms with van der Waals surface area (Å²) in [6.07, 6.45) is 0.577. The van der Waals surface area contributed by atoms with Crippen molar-refractivity contribution in [3.8, 4) is 0 Å². The van der Waals surface area contributed by atoms with Crippen molar-refractivity contribution in [2.75, 3.05) is 22.7 Å². The van der Waals surface area contributed by atoms with E-state index in [1.165, 1.54) is 18.2 Å². The Hall–Kier alpha value is -2.48. The minimum Gasteiger partial charge on any atom is -0.481 e. The highest BCUT2D eigenvalue weighted by Gasteiger charge is 2.29. The molecule has 0 unspecified atom stereocenters. The van der Waals surface area contributed by atoms with Gasteiger partial charge in [0.2, 0.25) is 0 Å². The summed E-state index contributed by atoms with van der Waals surface area (Å²) in [6, 6.07) is 15.1. The number of rotatable bonds is 5. The number of nitrogens with one attached hydrogen (secondary N) is 1. The van der Waals surface area contributed by atoms with Crippen LogP contribution in [0.25, 0.3) is 10.8 Å². The zero-order valence-electron chi connectivity index (χ0n) is 15.7. The molecular formula is C21H18Cl2N2O4S. The van der Waals surface area contributed by atoms with Crippen LogP contribution in [0.5, 0.6) is 0 Å². The molecule has 9 heteroatoms. The van der Waals surface area contributed by atoms with E-state index in [0.717, 1.165) is 11.1 Å². The lowest BCUT2D eigenvalue weighted by Crippen LogP contribution is -2.23. The third kappa shape index (κ3) is 4.05. The summed E-state index contributed by atoms with van der Waals surface area (Å²) in [5, 5.41) is 11.3. The number of fused-ring (bicyclic) bond motifs is 1. The van der Waals surface area contributed by atoms with Gasteiger partial charge in [0.25, 0.3) is 10.0 Å². The fraction of sp³-hybridized carbons (Fsp3) is 0.190. The second-order valence-electron chi connectivity index (χ2n) is 7.16. The van der Waals surface area contributed by atoms with Crippen molar-refractivity contribution < 1.29 is 18.3 Å². The van der Waals surface area contributed by atoms with E-state index in [0.29, 0.717) is 30.6 Å². The number of nitrogens with zero attached hydrogens (tertiary/aromatic N) is 1. The summed E-state index contributed by atoms with van der Waals surface area (Å²) in [5.74, 6) is -1.21. The summed E-state index contributed by atoms with van der Waals surface area (Å²) < 4.78 is 28.4. The fourth-order valence-corrected chi connectivity index (χ4v) is 5.52. The molecule has 1 heterocycles. The van der Waals surface area contributed by atoms with Gasteiger partial charge in [0, 0.05) is 39.6 Å². The Labute approximate surface area is 184 Å². The number of halogens is 2. The molecule has 0 spiro atoms. The quantitative estimate of drug-likeness (QED) is 0.562. The van der Waals surface area contributed by atoms with Gasteiger partial charge >= 0.3 is 5.97 Å². The minimum absolute atomic E-state index is 0.0306. The van der Waals surface area contributed by atoms with Crippen LogP contribution in [-0.4, -0.2) is 32.6 Å². The van der Waals surface area contributed by atoms with Crippen LogP contribution in [0, 0.1) is 5.92 Å². The Kier molecular flexibility index (Phi) is 5.53. The molecule has 2 N–H and O–H groups in total. The molecule has 1 atom stereocenters. The standard InChI is InChI=1S/C21H18Cl2N2O4S/c22-14-9-15(23)11-16(10-14)30(28,29)24-19-5-6-20(18-4-2-1-3-17(18)19)25-8-7-13(12-25)21(26)27/h1-6,9-11,13,24H,7-8,12H2,(H,26,27)/t13-/m1/s1. The lowest BCUT2D eigenvalue weighted by atomic mass is 10.1. The van der Waals surface area contributed by atoms with Gasteiger partial charge in [0.15, 0.2) is 0 Å². The number of hydrogen-bond donors (Lipinski definition) is 2. The van der Waals surface area contributed by atoms with Gasteiger partial charge in [-0.25, -0.2) is 8.42 Å². The maximum Gasteiger partial charge on any atom is 0.308 e. The first-order chi connectivity index (χ1) is 14.2. The molecule has 1 saturated heterocycles. The lowest BCUT2D eigenvalue weighted by molar-refractivity contribution is -0.140. The van der Waals surface area contributed by atoms with E-state index in [1.54, 1.807) is 6.07 Å². The summed E-state index contributed by atoms with van der Waals surface area (Å²) in [7, 11) is -3.91. The van der Waals surface area contributed by atoms with Crippen LogP contribution >= 0.6 is 23.2 Å². The van der Waals surface area contributed by atoms with Crippen LogP contribution in [-0.2, 0) is 14.8 Å². The van der Waals surface area contributed by atoms with E-state index in [-0.39, 0.29) is 14.9 Å². The number of carboxylic acid groups (broad SMARTS) is 1. The van der Waals surface area contributed by atoms with Crippen molar-refractivity contribution in [1.82, 2.24) is 0 Å². The van der Waals surface area contributed by atoms with Crippen molar-refractivity contribution in [3.05, 3.63) is 64.6 Å². The van der Waals surface area contributed by atoms with Gasteiger partial charge in [-0.2, -0.15) is 0 Å². The Morgan fingerprint density at radius 2 is 1.70 bits per heavy atom. The van der Waals surface area contributed by atoms with Gasteiger partial charge in [-0.3, -0.25) is 9.52 Å². The van der Waals surface area contributed by atoms with E-state index in [4.69, 9.17) is 23.2 Å². The molecule has 3 aromatic rings. The molecule has 4 rings (SSSR count). The van der Waals surface area contributed by atoms with Crippen molar-refractivity contribution in [1.29, 1.82) is 0 Å². The van der Waals surface area contributed by atoms with Crippen LogP contribution in [0.2, 0.25) is 10.0 Å². The summed E-state index contributed by atoms with van der Waals surface area (Å²) >= 11 is 11.9. The van der Waals surface area contributed by atoms with Crippen LogP contribution in [0.1, 0.15) is 6.42 Å².